The van der Waals surface area contributed by atoms with Crippen molar-refractivity contribution in [3.05, 3.63) is 41.9 Å². The average molecular weight is 202 g/mol. The Morgan fingerprint density at radius 1 is 1.40 bits per heavy atom. The lowest BCUT2D eigenvalue weighted by Gasteiger charge is -2.04. The van der Waals surface area contributed by atoms with E-state index >= 15 is 0 Å². The first kappa shape index (κ1) is 9.71. The van der Waals surface area contributed by atoms with Crippen LogP contribution in [0.25, 0.3) is 0 Å². The van der Waals surface area contributed by atoms with Gasteiger partial charge in [0.25, 0.3) is 0 Å². The number of aryl methyl sites for hydroxylation is 3. The first-order chi connectivity index (χ1) is 7.25. The summed E-state index contributed by atoms with van der Waals surface area (Å²) in [5.74, 6) is 0.563. The van der Waals surface area contributed by atoms with Gasteiger partial charge in [-0.1, -0.05) is 6.07 Å². The Bertz CT molecular complexity index is 447. The van der Waals surface area contributed by atoms with Crippen molar-refractivity contribution in [3.8, 4) is 0 Å². The summed E-state index contributed by atoms with van der Waals surface area (Å²) < 4.78 is 1.84. The fourth-order valence-electron chi connectivity index (χ4n) is 1.50. The fraction of sp³-hybridized carbons (Fsp3) is 0.273. The second kappa shape index (κ2) is 4.13. The van der Waals surface area contributed by atoms with Crippen LogP contribution in [0.2, 0.25) is 0 Å². The summed E-state index contributed by atoms with van der Waals surface area (Å²) in [7, 11) is 0. The standard InChI is InChI=1S/C11H14N4/c1-9-3-2-6-13-10(9)4-7-15-8-5-11(12)14-15/h2-3,5-6,8H,4,7H2,1H3,(H2,12,14). The monoisotopic (exact) mass is 202 g/mol. The van der Waals surface area contributed by atoms with E-state index in [2.05, 4.69) is 23.1 Å². The van der Waals surface area contributed by atoms with E-state index in [1.165, 1.54) is 5.56 Å². The Kier molecular flexibility index (Phi) is 2.67. The van der Waals surface area contributed by atoms with Crippen molar-refractivity contribution in [2.75, 3.05) is 5.73 Å². The van der Waals surface area contributed by atoms with Gasteiger partial charge in [0, 0.05) is 31.1 Å². The van der Waals surface area contributed by atoms with Gasteiger partial charge in [-0.15, -0.1) is 0 Å². The summed E-state index contributed by atoms with van der Waals surface area (Å²) in [4.78, 5) is 4.33. The molecular formula is C11H14N4. The molecule has 2 heterocycles. The van der Waals surface area contributed by atoms with Gasteiger partial charge in [-0.2, -0.15) is 5.10 Å². The van der Waals surface area contributed by atoms with E-state index in [4.69, 9.17) is 5.73 Å². The van der Waals surface area contributed by atoms with Crippen molar-refractivity contribution in [3.63, 3.8) is 0 Å². The van der Waals surface area contributed by atoms with Crippen LogP contribution in [0.1, 0.15) is 11.3 Å². The molecule has 78 valence electrons. The molecule has 0 amide bonds. The lowest BCUT2D eigenvalue weighted by atomic mass is 10.2. The maximum absolute atomic E-state index is 5.53. The normalized spacial score (nSPS) is 10.5. The highest BCUT2D eigenvalue weighted by molar-refractivity contribution is 5.24. The highest BCUT2D eigenvalue weighted by Gasteiger charge is 2.00. The maximum atomic E-state index is 5.53. The van der Waals surface area contributed by atoms with Crippen molar-refractivity contribution in [2.45, 2.75) is 19.9 Å². The van der Waals surface area contributed by atoms with Crippen molar-refractivity contribution in [1.82, 2.24) is 14.8 Å². The van der Waals surface area contributed by atoms with Gasteiger partial charge in [-0.05, 0) is 24.6 Å². The molecule has 2 aromatic heterocycles. The Morgan fingerprint density at radius 2 is 2.27 bits per heavy atom. The van der Waals surface area contributed by atoms with E-state index in [1.54, 1.807) is 6.07 Å². The third-order valence-corrected chi connectivity index (χ3v) is 2.36. The number of aromatic nitrogens is 3. The predicted octanol–water partition coefficient (Wildman–Crippen LogP) is 1.41. The van der Waals surface area contributed by atoms with Gasteiger partial charge in [-0.25, -0.2) is 0 Å². The molecule has 2 aromatic rings. The molecule has 0 fully saturated rings. The minimum Gasteiger partial charge on any atom is -0.382 e. The maximum Gasteiger partial charge on any atom is 0.145 e. The van der Waals surface area contributed by atoms with Gasteiger partial charge in [-0.3, -0.25) is 9.67 Å². The van der Waals surface area contributed by atoms with E-state index in [-0.39, 0.29) is 0 Å². The molecule has 0 bridgehead atoms. The van der Waals surface area contributed by atoms with Crippen LogP contribution in [-0.2, 0) is 13.0 Å². The Labute approximate surface area is 88.8 Å². The molecule has 0 aliphatic heterocycles. The summed E-state index contributed by atoms with van der Waals surface area (Å²) in [6.07, 6.45) is 4.58. The van der Waals surface area contributed by atoms with Gasteiger partial charge in [0.2, 0.25) is 0 Å². The molecular weight excluding hydrogens is 188 g/mol. The minimum absolute atomic E-state index is 0.563. The van der Waals surface area contributed by atoms with E-state index in [0.29, 0.717) is 5.82 Å². The number of pyridine rings is 1. The second-order valence-corrected chi connectivity index (χ2v) is 3.52. The summed E-state index contributed by atoms with van der Waals surface area (Å²) >= 11 is 0. The molecule has 0 unspecified atom stereocenters. The fourth-order valence-corrected chi connectivity index (χ4v) is 1.50. The van der Waals surface area contributed by atoms with Gasteiger partial charge in [0.1, 0.15) is 5.82 Å². The van der Waals surface area contributed by atoms with Crippen LogP contribution >= 0.6 is 0 Å². The molecule has 0 radical (unpaired) electrons. The van der Waals surface area contributed by atoms with E-state index in [0.717, 1.165) is 18.7 Å². The molecule has 0 aliphatic carbocycles. The second-order valence-electron chi connectivity index (χ2n) is 3.52. The molecule has 4 heteroatoms. The lowest BCUT2D eigenvalue weighted by Crippen LogP contribution is -2.05. The third kappa shape index (κ3) is 2.34. The topological polar surface area (TPSA) is 56.7 Å². The van der Waals surface area contributed by atoms with Crippen LogP contribution in [0.4, 0.5) is 5.82 Å². The highest BCUT2D eigenvalue weighted by atomic mass is 15.3. The summed E-state index contributed by atoms with van der Waals surface area (Å²) in [6, 6.07) is 5.82. The van der Waals surface area contributed by atoms with E-state index in [9.17, 15) is 0 Å². The van der Waals surface area contributed by atoms with Crippen molar-refractivity contribution >= 4 is 5.82 Å². The molecule has 0 atom stereocenters. The molecule has 0 aliphatic rings. The number of anilines is 1. The largest absolute Gasteiger partial charge is 0.382 e. The number of nitrogens with two attached hydrogens (primary N) is 1. The van der Waals surface area contributed by atoms with Crippen LogP contribution in [0, 0.1) is 6.92 Å². The lowest BCUT2D eigenvalue weighted by molar-refractivity contribution is 0.609. The van der Waals surface area contributed by atoms with Gasteiger partial charge in [0.15, 0.2) is 0 Å². The molecule has 0 aromatic carbocycles. The highest BCUT2D eigenvalue weighted by Crippen LogP contribution is 2.05. The first-order valence-electron chi connectivity index (χ1n) is 4.95. The average Bonchev–Trinajstić information content (AvgIpc) is 2.63. The minimum atomic E-state index is 0.563. The number of rotatable bonds is 3. The zero-order chi connectivity index (χ0) is 10.7. The molecule has 2 N–H and O–H groups in total. The van der Waals surface area contributed by atoms with Crippen molar-refractivity contribution in [2.24, 2.45) is 0 Å². The Morgan fingerprint density at radius 3 is 2.93 bits per heavy atom. The molecule has 4 nitrogen and oxygen atoms in total. The Balaban J connectivity index is 2.02. The van der Waals surface area contributed by atoms with Gasteiger partial charge in [0.05, 0.1) is 0 Å². The van der Waals surface area contributed by atoms with Crippen LogP contribution in [0.15, 0.2) is 30.6 Å². The quantitative estimate of drug-likeness (QED) is 0.818. The summed E-state index contributed by atoms with van der Waals surface area (Å²) in [6.45, 7) is 2.88. The number of hydrogen-bond donors (Lipinski definition) is 1. The first-order valence-corrected chi connectivity index (χ1v) is 4.95. The molecule has 2 rings (SSSR count). The van der Waals surface area contributed by atoms with Crippen LogP contribution in [0.5, 0.6) is 0 Å². The Hall–Kier alpha value is -1.84. The molecule has 0 spiro atoms. The third-order valence-electron chi connectivity index (χ3n) is 2.36. The van der Waals surface area contributed by atoms with Gasteiger partial charge >= 0.3 is 0 Å². The zero-order valence-corrected chi connectivity index (χ0v) is 8.72. The summed E-state index contributed by atoms with van der Waals surface area (Å²) in [5.41, 5.74) is 7.87. The van der Waals surface area contributed by atoms with Crippen molar-refractivity contribution < 1.29 is 0 Å². The van der Waals surface area contributed by atoms with Crippen LogP contribution in [-0.4, -0.2) is 14.8 Å². The molecule has 15 heavy (non-hydrogen) atoms. The summed E-state index contributed by atoms with van der Waals surface area (Å²) in [5, 5.41) is 4.12. The van der Waals surface area contributed by atoms with Crippen LogP contribution in [0.3, 0.4) is 0 Å². The van der Waals surface area contributed by atoms with Crippen LogP contribution < -0.4 is 5.73 Å². The zero-order valence-electron chi connectivity index (χ0n) is 8.72. The smallest absolute Gasteiger partial charge is 0.145 e. The number of hydrogen-bond acceptors (Lipinski definition) is 3. The van der Waals surface area contributed by atoms with Gasteiger partial charge < -0.3 is 5.73 Å². The number of nitrogens with zero attached hydrogens (tertiary/aromatic N) is 3. The van der Waals surface area contributed by atoms with Crippen molar-refractivity contribution in [1.29, 1.82) is 0 Å². The molecule has 0 saturated heterocycles. The predicted molar refractivity (Wildman–Crippen MR) is 59.3 cm³/mol. The van der Waals surface area contributed by atoms with E-state index < -0.39 is 0 Å². The number of nitrogen functional groups attached to an aromatic ring is 1. The SMILES string of the molecule is Cc1cccnc1CCn1ccc(N)n1. The van der Waals surface area contributed by atoms with E-state index in [1.807, 2.05) is 23.1 Å². The molecule has 0 saturated carbocycles.